The third-order valence-electron chi connectivity index (χ3n) is 6.32. The molecule has 1 atom stereocenters. The average Bonchev–Trinajstić information content (AvgIpc) is 2.84. The van der Waals surface area contributed by atoms with E-state index in [4.69, 9.17) is 14.7 Å². The number of H-pyrrole nitrogens is 1. The Morgan fingerprint density at radius 1 is 1.15 bits per heavy atom. The third kappa shape index (κ3) is 4.51. The third-order valence-corrected chi connectivity index (χ3v) is 6.32. The van der Waals surface area contributed by atoms with Crippen LogP contribution in [0.2, 0.25) is 0 Å². The number of hydrogen-bond donors (Lipinski definition) is 2. The van der Waals surface area contributed by atoms with E-state index >= 15 is 0 Å². The lowest BCUT2D eigenvalue weighted by molar-refractivity contribution is -0.129. The molecule has 1 aromatic carbocycles. The number of anilines is 3. The summed E-state index contributed by atoms with van der Waals surface area (Å²) in [5.74, 6) is 2.26. The van der Waals surface area contributed by atoms with Crippen molar-refractivity contribution < 1.29 is 9.53 Å². The largest absolute Gasteiger partial charge is 0.377 e. The summed E-state index contributed by atoms with van der Waals surface area (Å²) in [5, 5.41) is 3.20. The lowest BCUT2D eigenvalue weighted by Crippen LogP contribution is -2.45. The average molecular weight is 461 g/mol. The number of aromatic amines is 1. The number of carbonyl (C=O) groups is 1. The first-order chi connectivity index (χ1) is 16.5. The molecule has 2 aliphatic rings. The second kappa shape index (κ2) is 9.26. The van der Waals surface area contributed by atoms with Gasteiger partial charge in [0.15, 0.2) is 5.82 Å². The molecule has 4 heterocycles. The molecule has 3 aromatic rings. The zero-order chi connectivity index (χ0) is 23.7. The highest BCUT2D eigenvalue weighted by atomic mass is 16.5. The van der Waals surface area contributed by atoms with Gasteiger partial charge in [0.2, 0.25) is 11.5 Å². The van der Waals surface area contributed by atoms with E-state index in [1.54, 1.807) is 19.1 Å². The van der Waals surface area contributed by atoms with E-state index in [9.17, 15) is 9.59 Å². The number of amides is 1. The Balaban J connectivity index is 1.49. The number of fused-ring (bicyclic) bond motifs is 1. The van der Waals surface area contributed by atoms with Gasteiger partial charge in [0.1, 0.15) is 11.6 Å². The summed E-state index contributed by atoms with van der Waals surface area (Å²) in [7, 11) is 0. The van der Waals surface area contributed by atoms with Gasteiger partial charge in [0.05, 0.1) is 31.5 Å². The molecule has 176 valence electrons. The molecule has 0 unspecified atom stereocenters. The van der Waals surface area contributed by atoms with Gasteiger partial charge in [-0.3, -0.25) is 9.59 Å². The second-order valence-electron chi connectivity index (χ2n) is 8.74. The maximum Gasteiger partial charge on any atom is 0.249 e. The highest BCUT2D eigenvalue weighted by Gasteiger charge is 2.29. The van der Waals surface area contributed by atoms with Gasteiger partial charge in [-0.15, -0.1) is 0 Å². The molecule has 1 fully saturated rings. The molecule has 0 spiro atoms. The van der Waals surface area contributed by atoms with Crippen molar-refractivity contribution in [2.24, 2.45) is 0 Å². The molecule has 1 amide bonds. The first kappa shape index (κ1) is 22.1. The minimum atomic E-state index is -0.159. The van der Waals surface area contributed by atoms with Crippen LogP contribution in [0.1, 0.15) is 25.1 Å². The molecule has 34 heavy (non-hydrogen) atoms. The van der Waals surface area contributed by atoms with E-state index in [2.05, 4.69) is 22.1 Å². The molecule has 0 bridgehead atoms. The number of carbonyl (C=O) groups excluding carboxylic acids is 1. The second-order valence-corrected chi connectivity index (χ2v) is 8.74. The summed E-state index contributed by atoms with van der Waals surface area (Å²) in [6.07, 6.45) is 0.743. The van der Waals surface area contributed by atoms with Crippen molar-refractivity contribution in [1.29, 1.82) is 0 Å². The van der Waals surface area contributed by atoms with Crippen LogP contribution in [0.15, 0.2) is 47.3 Å². The summed E-state index contributed by atoms with van der Waals surface area (Å²) in [6, 6.07) is 13.0. The van der Waals surface area contributed by atoms with Crippen LogP contribution in [0.25, 0.3) is 11.4 Å². The minimum absolute atomic E-state index is 0.0569. The van der Waals surface area contributed by atoms with E-state index in [0.29, 0.717) is 37.9 Å². The maximum atomic E-state index is 12.0. The fraction of sp³-hybridized carbons (Fsp3) is 0.360. The van der Waals surface area contributed by atoms with Crippen LogP contribution < -0.4 is 15.8 Å². The van der Waals surface area contributed by atoms with Gasteiger partial charge in [-0.05, 0) is 43.7 Å². The standard InChI is InChI=1S/C25H28N6O3/c1-16-15-34-13-12-31(16)25-20-10-11-30(17(2)32)14-21(20)27-24(29-25)18-6-8-19(9-7-18)26-22-4-3-5-23(33)28-22/h3-9,16H,10-15H2,1-2H3,(H2,26,28,33)/t16-/m0/s1. The lowest BCUT2D eigenvalue weighted by atomic mass is 10.0. The number of aromatic nitrogens is 3. The van der Waals surface area contributed by atoms with Gasteiger partial charge in [0, 0.05) is 42.9 Å². The molecule has 0 aliphatic carbocycles. The van der Waals surface area contributed by atoms with Gasteiger partial charge in [-0.25, -0.2) is 9.97 Å². The Hall–Kier alpha value is -3.72. The number of nitrogens with one attached hydrogen (secondary N) is 2. The Morgan fingerprint density at radius 2 is 1.97 bits per heavy atom. The number of hydrogen-bond acceptors (Lipinski definition) is 7. The molecule has 1 saturated heterocycles. The topological polar surface area (TPSA) is 103 Å². The minimum Gasteiger partial charge on any atom is -0.377 e. The summed E-state index contributed by atoms with van der Waals surface area (Å²) in [6.45, 7) is 7.02. The maximum absolute atomic E-state index is 12.0. The number of morpholine rings is 1. The van der Waals surface area contributed by atoms with Gasteiger partial charge in [-0.1, -0.05) is 6.07 Å². The van der Waals surface area contributed by atoms with Crippen LogP contribution in [-0.4, -0.2) is 58.1 Å². The van der Waals surface area contributed by atoms with Crippen molar-refractivity contribution in [3.8, 4) is 11.4 Å². The Morgan fingerprint density at radius 3 is 2.71 bits per heavy atom. The van der Waals surface area contributed by atoms with Gasteiger partial charge < -0.3 is 24.8 Å². The molecule has 5 rings (SSSR count). The number of ether oxygens (including phenoxy) is 1. The zero-order valence-corrected chi connectivity index (χ0v) is 19.4. The van der Waals surface area contributed by atoms with Crippen molar-refractivity contribution in [2.45, 2.75) is 32.9 Å². The predicted molar refractivity (Wildman–Crippen MR) is 130 cm³/mol. The number of rotatable bonds is 4. The molecule has 9 heteroatoms. The monoisotopic (exact) mass is 460 g/mol. The van der Waals surface area contributed by atoms with Crippen molar-refractivity contribution in [3.63, 3.8) is 0 Å². The Labute approximate surface area is 197 Å². The predicted octanol–water partition coefficient (Wildman–Crippen LogP) is 2.71. The van der Waals surface area contributed by atoms with Crippen LogP contribution in [0.4, 0.5) is 17.3 Å². The van der Waals surface area contributed by atoms with Gasteiger partial charge in [0.25, 0.3) is 0 Å². The molecule has 2 N–H and O–H groups in total. The van der Waals surface area contributed by atoms with Crippen LogP contribution in [0, 0.1) is 0 Å². The summed E-state index contributed by atoms with van der Waals surface area (Å²) >= 11 is 0. The van der Waals surface area contributed by atoms with Crippen molar-refractivity contribution >= 4 is 23.2 Å². The quantitative estimate of drug-likeness (QED) is 0.617. The van der Waals surface area contributed by atoms with E-state index < -0.39 is 0 Å². The molecule has 2 aliphatic heterocycles. The molecule has 9 nitrogen and oxygen atoms in total. The molecular formula is C25H28N6O3. The Bertz CT molecular complexity index is 1260. The van der Waals surface area contributed by atoms with E-state index in [1.807, 2.05) is 29.2 Å². The van der Waals surface area contributed by atoms with Crippen molar-refractivity contribution in [3.05, 3.63) is 64.1 Å². The van der Waals surface area contributed by atoms with Crippen molar-refractivity contribution in [2.75, 3.05) is 36.5 Å². The Kier molecular flexibility index (Phi) is 6.02. The van der Waals surface area contributed by atoms with Crippen LogP contribution in [-0.2, 0) is 22.5 Å². The number of benzene rings is 1. The summed E-state index contributed by atoms with van der Waals surface area (Å²) in [4.78, 5) is 40.4. The summed E-state index contributed by atoms with van der Waals surface area (Å²) in [5.41, 5.74) is 3.60. The van der Waals surface area contributed by atoms with E-state index in [0.717, 1.165) is 41.3 Å². The smallest absolute Gasteiger partial charge is 0.249 e. The van der Waals surface area contributed by atoms with Crippen LogP contribution in [0.3, 0.4) is 0 Å². The van der Waals surface area contributed by atoms with E-state index in [-0.39, 0.29) is 17.5 Å². The molecule has 0 radical (unpaired) electrons. The summed E-state index contributed by atoms with van der Waals surface area (Å²) < 4.78 is 5.64. The fourth-order valence-corrected chi connectivity index (χ4v) is 4.47. The highest BCUT2D eigenvalue weighted by molar-refractivity contribution is 5.74. The normalized spacial score (nSPS) is 17.9. The number of pyridine rings is 1. The van der Waals surface area contributed by atoms with E-state index in [1.165, 1.54) is 6.07 Å². The van der Waals surface area contributed by atoms with Gasteiger partial charge >= 0.3 is 0 Å². The molecular weight excluding hydrogens is 432 g/mol. The molecule has 2 aromatic heterocycles. The highest BCUT2D eigenvalue weighted by Crippen LogP contribution is 2.31. The fourth-order valence-electron chi connectivity index (χ4n) is 4.47. The van der Waals surface area contributed by atoms with Crippen molar-refractivity contribution in [1.82, 2.24) is 19.9 Å². The van der Waals surface area contributed by atoms with Crippen LogP contribution in [0.5, 0.6) is 0 Å². The lowest BCUT2D eigenvalue weighted by Gasteiger charge is -2.37. The van der Waals surface area contributed by atoms with Crippen LogP contribution >= 0.6 is 0 Å². The SMILES string of the molecule is CC(=O)N1CCc2c(nc(-c3ccc(Nc4cccc(=O)[nH]4)cc3)nc2N2CCOC[C@@H]2C)C1. The zero-order valence-electron chi connectivity index (χ0n) is 19.4. The number of nitrogens with zero attached hydrogens (tertiary/aromatic N) is 4. The first-order valence-corrected chi connectivity index (χ1v) is 11.5. The first-order valence-electron chi connectivity index (χ1n) is 11.5. The molecule has 0 saturated carbocycles. The van der Waals surface area contributed by atoms with Gasteiger partial charge in [-0.2, -0.15) is 0 Å².